The molecular formula is C16H17N4NaO6S3. The smallest absolute Gasteiger partial charge is 0.744 e. The molecule has 0 radical (unpaired) electrons. The number of thiocarbonyl (C=S) groups is 1. The third-order valence-corrected chi connectivity index (χ3v) is 6.20. The summed E-state index contributed by atoms with van der Waals surface area (Å²) in [5, 5.41) is 3.29. The molecule has 1 aliphatic rings. The molecule has 1 heterocycles. The third kappa shape index (κ3) is 7.02. The average Bonchev–Trinajstić information content (AvgIpc) is 2.93. The number of thioether (sulfide) groups is 1. The van der Waals surface area contributed by atoms with E-state index in [-0.39, 0.29) is 57.9 Å². The molecule has 156 valence electrons. The van der Waals surface area contributed by atoms with E-state index in [0.717, 1.165) is 17.8 Å². The summed E-state index contributed by atoms with van der Waals surface area (Å²) >= 11 is 6.25. The van der Waals surface area contributed by atoms with Gasteiger partial charge in [0.2, 0.25) is 0 Å². The van der Waals surface area contributed by atoms with E-state index >= 15 is 0 Å². The molecule has 0 saturated carbocycles. The number of hydrogen-bond donors (Lipinski definition) is 0. The maximum Gasteiger partial charge on any atom is 1.00 e. The molecule has 10 nitrogen and oxygen atoms in total. The van der Waals surface area contributed by atoms with Crippen LogP contribution in [0.1, 0.15) is 18.4 Å². The molecule has 0 aromatic heterocycles. The van der Waals surface area contributed by atoms with Gasteiger partial charge in [0.15, 0.2) is 6.29 Å². The van der Waals surface area contributed by atoms with Crippen molar-refractivity contribution in [3.05, 3.63) is 39.1 Å². The molecular weight excluding hydrogens is 463 g/mol. The zero-order valence-electron chi connectivity index (χ0n) is 16.5. The first-order valence-corrected chi connectivity index (χ1v) is 10.8. The quantitative estimate of drug-likeness (QED) is 0.0709. The van der Waals surface area contributed by atoms with Crippen LogP contribution in [0, 0.1) is 0 Å². The van der Waals surface area contributed by atoms with Crippen LogP contribution in [0.3, 0.4) is 0 Å². The normalized spacial score (nSPS) is 15.5. The summed E-state index contributed by atoms with van der Waals surface area (Å²) in [5.74, 6) is -0.389. The van der Waals surface area contributed by atoms with Crippen LogP contribution in [0.4, 0.5) is 5.69 Å². The van der Waals surface area contributed by atoms with Gasteiger partial charge in [0.05, 0.1) is 9.80 Å². The van der Waals surface area contributed by atoms with Gasteiger partial charge in [0.25, 0.3) is 5.91 Å². The van der Waals surface area contributed by atoms with Crippen LogP contribution in [0.5, 0.6) is 0 Å². The second kappa shape index (κ2) is 12.2. The summed E-state index contributed by atoms with van der Waals surface area (Å²) in [6.07, 6.45) is 2.04. The molecule has 2 rings (SSSR count). The topological polar surface area (TPSA) is 145 Å². The van der Waals surface area contributed by atoms with E-state index in [9.17, 15) is 17.8 Å². The second-order valence-electron chi connectivity index (χ2n) is 5.74. The predicted molar refractivity (Wildman–Crippen MR) is 110 cm³/mol. The summed E-state index contributed by atoms with van der Waals surface area (Å²) in [6.45, 7) is 0.341. The molecule has 1 fully saturated rings. The maximum absolute atomic E-state index is 12.7. The molecule has 30 heavy (non-hydrogen) atoms. The molecule has 1 saturated heterocycles. The molecule has 1 amide bonds. The number of rotatable bonds is 9. The van der Waals surface area contributed by atoms with Crippen LogP contribution in [0.2, 0.25) is 0 Å². The van der Waals surface area contributed by atoms with Crippen molar-refractivity contribution in [2.24, 2.45) is 5.11 Å². The Kier molecular flexibility index (Phi) is 11.0. The first-order valence-electron chi connectivity index (χ1n) is 8.17. The third-order valence-electron chi connectivity index (χ3n) is 3.93. The molecule has 1 aliphatic heterocycles. The number of carbonyl (C=O) groups is 1. The van der Waals surface area contributed by atoms with Crippen molar-refractivity contribution < 1.29 is 56.8 Å². The zero-order chi connectivity index (χ0) is 21.6. The van der Waals surface area contributed by atoms with Crippen LogP contribution in [0.15, 0.2) is 33.1 Å². The van der Waals surface area contributed by atoms with Gasteiger partial charge in [-0.2, -0.15) is 0 Å². The Balaban J connectivity index is 0.00000450. The molecule has 0 unspecified atom stereocenters. The SMILES string of the molecule is COC(CCCN1C(=O)/C(=C/c2ccc(N=[N+]=[N-])cc2S(=O)(=O)[O-])SC1=S)OC.[Na+]. The molecule has 1 aromatic carbocycles. The van der Waals surface area contributed by atoms with Gasteiger partial charge in [0.1, 0.15) is 14.4 Å². The number of amides is 1. The summed E-state index contributed by atoms with van der Waals surface area (Å²) in [4.78, 5) is 16.2. The number of methoxy groups -OCH3 is 2. The van der Waals surface area contributed by atoms with Crippen molar-refractivity contribution in [2.45, 2.75) is 24.0 Å². The van der Waals surface area contributed by atoms with E-state index in [0.29, 0.717) is 23.7 Å². The van der Waals surface area contributed by atoms with Gasteiger partial charge in [-0.15, -0.1) is 0 Å². The van der Waals surface area contributed by atoms with Crippen molar-refractivity contribution in [3.63, 3.8) is 0 Å². The second-order valence-corrected chi connectivity index (χ2v) is 8.77. The van der Waals surface area contributed by atoms with Gasteiger partial charge in [-0.25, -0.2) is 8.42 Å². The Bertz CT molecular complexity index is 991. The number of ether oxygens (including phenoxy) is 2. The fourth-order valence-electron chi connectivity index (χ4n) is 2.55. The minimum Gasteiger partial charge on any atom is -0.744 e. The van der Waals surface area contributed by atoms with Crippen molar-refractivity contribution >= 4 is 56.1 Å². The van der Waals surface area contributed by atoms with Gasteiger partial charge in [-0.05, 0) is 29.7 Å². The van der Waals surface area contributed by atoms with Gasteiger partial charge < -0.3 is 14.0 Å². The van der Waals surface area contributed by atoms with Crippen LogP contribution in [-0.4, -0.2) is 55.2 Å². The summed E-state index contributed by atoms with van der Waals surface area (Å²) in [7, 11) is -1.82. The number of carbonyl (C=O) groups excluding carboxylic acids is 1. The summed E-state index contributed by atoms with van der Waals surface area (Å²) in [6, 6.07) is 3.60. The standard InChI is InChI=1S/C16H18N4O6S3.Na/c1-25-14(26-2)4-3-7-20-15(21)12(28-16(20)27)8-10-5-6-11(18-19-17)9-13(10)29(22,23)24;/h5-6,8-9,14H,3-4,7H2,1-2H3,(H,22,23,24);/q;+1/p-1/b12-8-;. The van der Waals surface area contributed by atoms with Gasteiger partial charge >= 0.3 is 29.6 Å². The van der Waals surface area contributed by atoms with Gasteiger partial charge in [0, 0.05) is 37.8 Å². The number of hydrogen-bond acceptors (Lipinski definition) is 9. The summed E-state index contributed by atoms with van der Waals surface area (Å²) < 4.78 is 45.3. The molecule has 0 aliphatic carbocycles. The Labute approximate surface area is 205 Å². The monoisotopic (exact) mass is 480 g/mol. The first kappa shape index (κ1) is 27.0. The van der Waals surface area contributed by atoms with E-state index in [2.05, 4.69) is 10.0 Å². The zero-order valence-corrected chi connectivity index (χ0v) is 20.9. The summed E-state index contributed by atoms with van der Waals surface area (Å²) in [5.41, 5.74) is 8.46. The average molecular weight is 481 g/mol. The van der Waals surface area contributed by atoms with Crippen LogP contribution in [-0.2, 0) is 24.4 Å². The molecule has 0 N–H and O–H groups in total. The Morgan fingerprint density at radius 1 is 1.40 bits per heavy atom. The minimum atomic E-state index is -4.86. The predicted octanol–water partition coefficient (Wildman–Crippen LogP) is 0.137. The fourth-order valence-corrected chi connectivity index (χ4v) is 4.53. The van der Waals surface area contributed by atoms with E-state index in [1.54, 1.807) is 0 Å². The van der Waals surface area contributed by atoms with E-state index in [1.807, 2.05) is 0 Å². The largest absolute Gasteiger partial charge is 1.00 e. The molecule has 0 spiro atoms. The Morgan fingerprint density at radius 2 is 2.07 bits per heavy atom. The van der Waals surface area contributed by atoms with Crippen LogP contribution < -0.4 is 29.6 Å². The number of nitrogens with zero attached hydrogens (tertiary/aromatic N) is 4. The van der Waals surface area contributed by atoms with E-state index in [4.69, 9.17) is 27.2 Å². The molecule has 0 atom stereocenters. The van der Waals surface area contributed by atoms with Crippen molar-refractivity contribution in [2.75, 3.05) is 20.8 Å². The van der Waals surface area contributed by atoms with Crippen molar-refractivity contribution in [1.29, 1.82) is 0 Å². The fraction of sp³-hybridized carbons (Fsp3) is 0.375. The Hall–Kier alpha value is -0.990. The first-order chi connectivity index (χ1) is 13.7. The van der Waals surface area contributed by atoms with Crippen molar-refractivity contribution in [1.82, 2.24) is 4.90 Å². The van der Waals surface area contributed by atoms with E-state index in [1.165, 1.54) is 37.3 Å². The Morgan fingerprint density at radius 3 is 2.63 bits per heavy atom. The van der Waals surface area contributed by atoms with Gasteiger partial charge in [-0.3, -0.25) is 9.69 Å². The van der Waals surface area contributed by atoms with Gasteiger partial charge in [-0.1, -0.05) is 41.2 Å². The van der Waals surface area contributed by atoms with E-state index < -0.39 is 15.0 Å². The molecule has 1 aromatic rings. The van der Waals surface area contributed by atoms with Crippen molar-refractivity contribution in [3.8, 4) is 0 Å². The van der Waals surface area contributed by atoms with Crippen LogP contribution >= 0.6 is 24.0 Å². The molecule has 0 bridgehead atoms. The maximum atomic E-state index is 12.7. The van der Waals surface area contributed by atoms with Crippen LogP contribution in [0.25, 0.3) is 16.5 Å². The number of benzene rings is 1. The molecule has 14 heteroatoms. The minimum absolute atomic E-state index is 0. The number of azide groups is 1.